The number of carbonyl (C=O) groups is 1. The molecule has 3 heterocycles. The molecule has 2 aromatic heterocycles. The van der Waals surface area contributed by atoms with Gasteiger partial charge in [0.15, 0.2) is 5.82 Å². The van der Waals surface area contributed by atoms with Gasteiger partial charge in [0.1, 0.15) is 10.3 Å². The van der Waals surface area contributed by atoms with Crippen molar-refractivity contribution in [2.75, 3.05) is 19.1 Å². The number of carbonyl (C=O) groups excluding carboxylic acids is 1. The molecule has 1 aliphatic heterocycles. The fourth-order valence-electron chi connectivity index (χ4n) is 3.34. The first-order valence-corrected chi connectivity index (χ1v) is 9.36. The molecule has 0 unspecified atom stereocenters. The van der Waals surface area contributed by atoms with Crippen molar-refractivity contribution in [1.82, 2.24) is 14.6 Å². The van der Waals surface area contributed by atoms with Gasteiger partial charge in [-0.25, -0.2) is 0 Å². The number of benzene rings is 2. The number of rotatable bonds is 2. The van der Waals surface area contributed by atoms with Crippen molar-refractivity contribution < 1.29 is 9.53 Å². The SMILES string of the molecule is COc1ccc(-c2nc3sc(=C4C(=O)N(C)c5ccccc54)c(=O)n3n2)cc1. The third-order valence-electron chi connectivity index (χ3n) is 4.79. The Morgan fingerprint density at radius 3 is 2.50 bits per heavy atom. The summed E-state index contributed by atoms with van der Waals surface area (Å²) in [5.41, 5.74) is 2.41. The number of hydrogen-bond acceptors (Lipinski definition) is 6. The number of aromatic nitrogens is 3. The summed E-state index contributed by atoms with van der Waals surface area (Å²) >= 11 is 1.18. The van der Waals surface area contributed by atoms with Crippen LogP contribution >= 0.6 is 11.3 Å². The van der Waals surface area contributed by atoms with E-state index in [2.05, 4.69) is 10.1 Å². The minimum atomic E-state index is -0.333. The zero-order valence-corrected chi connectivity index (χ0v) is 15.9. The average molecular weight is 390 g/mol. The Bertz CT molecular complexity index is 1350. The molecule has 0 N–H and O–H groups in total. The van der Waals surface area contributed by atoms with Gasteiger partial charge >= 0.3 is 0 Å². The maximum atomic E-state index is 13.0. The van der Waals surface area contributed by atoms with E-state index in [1.807, 2.05) is 48.5 Å². The number of fused-ring (bicyclic) bond motifs is 2. The van der Waals surface area contributed by atoms with E-state index in [1.54, 1.807) is 19.1 Å². The first-order valence-electron chi connectivity index (χ1n) is 8.54. The van der Waals surface area contributed by atoms with Crippen LogP contribution in [0.1, 0.15) is 5.56 Å². The van der Waals surface area contributed by atoms with Crippen LogP contribution in [0.2, 0.25) is 0 Å². The highest BCUT2D eigenvalue weighted by atomic mass is 32.1. The second kappa shape index (κ2) is 6.00. The molecule has 4 aromatic rings. The largest absolute Gasteiger partial charge is 0.497 e. The van der Waals surface area contributed by atoms with Crippen molar-refractivity contribution >= 4 is 33.5 Å². The van der Waals surface area contributed by atoms with Gasteiger partial charge in [0, 0.05) is 18.2 Å². The number of thiazole rings is 1. The van der Waals surface area contributed by atoms with Crippen LogP contribution in [-0.4, -0.2) is 34.7 Å². The van der Waals surface area contributed by atoms with Crippen LogP contribution in [0.25, 0.3) is 21.9 Å². The van der Waals surface area contributed by atoms with E-state index in [9.17, 15) is 9.59 Å². The van der Waals surface area contributed by atoms with Crippen molar-refractivity contribution in [1.29, 1.82) is 0 Å². The zero-order chi connectivity index (χ0) is 19.4. The van der Waals surface area contributed by atoms with E-state index >= 15 is 0 Å². The second-order valence-corrected chi connectivity index (χ2v) is 7.33. The lowest BCUT2D eigenvalue weighted by atomic mass is 10.1. The maximum absolute atomic E-state index is 13.0. The van der Waals surface area contributed by atoms with Gasteiger partial charge < -0.3 is 9.64 Å². The molecule has 28 heavy (non-hydrogen) atoms. The fraction of sp³-hybridized carbons (Fsp3) is 0.100. The molecule has 0 atom stereocenters. The minimum absolute atomic E-state index is 0.196. The summed E-state index contributed by atoms with van der Waals surface area (Å²) in [5, 5.41) is 4.35. The highest BCUT2D eigenvalue weighted by Gasteiger charge is 2.31. The predicted octanol–water partition coefficient (Wildman–Crippen LogP) is 1.72. The van der Waals surface area contributed by atoms with Gasteiger partial charge in [-0.1, -0.05) is 29.5 Å². The molecule has 0 saturated heterocycles. The molecule has 0 aliphatic carbocycles. The van der Waals surface area contributed by atoms with Gasteiger partial charge in [-0.2, -0.15) is 9.50 Å². The van der Waals surface area contributed by atoms with Crippen molar-refractivity contribution in [2.24, 2.45) is 0 Å². The van der Waals surface area contributed by atoms with E-state index in [0.717, 1.165) is 22.6 Å². The van der Waals surface area contributed by atoms with Gasteiger partial charge in [0.2, 0.25) is 4.96 Å². The van der Waals surface area contributed by atoms with E-state index in [-0.39, 0.29) is 11.5 Å². The molecule has 0 fully saturated rings. The van der Waals surface area contributed by atoms with E-state index in [0.29, 0.717) is 20.9 Å². The molecular formula is C20H14N4O3S. The van der Waals surface area contributed by atoms with Crippen LogP contribution in [0.3, 0.4) is 0 Å². The maximum Gasteiger partial charge on any atom is 0.291 e. The molecular weight excluding hydrogens is 376 g/mol. The summed E-state index contributed by atoms with van der Waals surface area (Å²) in [6.07, 6.45) is 0. The first kappa shape index (κ1) is 16.6. The van der Waals surface area contributed by atoms with Gasteiger partial charge in [-0.05, 0) is 30.3 Å². The number of ether oxygens (including phenoxy) is 1. The van der Waals surface area contributed by atoms with Crippen LogP contribution in [-0.2, 0) is 4.79 Å². The molecule has 5 rings (SSSR count). The van der Waals surface area contributed by atoms with Crippen LogP contribution < -0.4 is 19.7 Å². The Kier molecular flexibility index (Phi) is 3.56. The van der Waals surface area contributed by atoms with Crippen LogP contribution in [0, 0.1) is 0 Å². The summed E-state index contributed by atoms with van der Waals surface area (Å²) in [5.74, 6) is 0.992. The lowest BCUT2D eigenvalue weighted by Crippen LogP contribution is -2.30. The van der Waals surface area contributed by atoms with Crippen molar-refractivity contribution in [3.8, 4) is 17.1 Å². The summed E-state index contributed by atoms with van der Waals surface area (Å²) in [7, 11) is 3.31. The van der Waals surface area contributed by atoms with Crippen molar-refractivity contribution in [2.45, 2.75) is 0 Å². The summed E-state index contributed by atoms with van der Waals surface area (Å²) in [6.45, 7) is 0. The van der Waals surface area contributed by atoms with Crippen LogP contribution in [0.5, 0.6) is 5.75 Å². The number of methoxy groups -OCH3 is 1. The molecule has 0 saturated carbocycles. The minimum Gasteiger partial charge on any atom is -0.497 e. The predicted molar refractivity (Wildman–Crippen MR) is 107 cm³/mol. The normalized spacial score (nSPS) is 15.4. The number of nitrogens with zero attached hydrogens (tertiary/aromatic N) is 4. The highest BCUT2D eigenvalue weighted by molar-refractivity contribution is 7.15. The molecule has 138 valence electrons. The average Bonchev–Trinajstić information content (AvgIpc) is 3.35. The number of anilines is 1. The van der Waals surface area contributed by atoms with E-state index in [1.165, 1.54) is 15.9 Å². The topological polar surface area (TPSA) is 76.8 Å². The molecule has 1 aliphatic rings. The van der Waals surface area contributed by atoms with Crippen molar-refractivity contribution in [3.63, 3.8) is 0 Å². The summed E-state index contributed by atoms with van der Waals surface area (Å²) in [4.78, 5) is 32.2. The number of para-hydroxylation sites is 1. The van der Waals surface area contributed by atoms with Gasteiger partial charge in [-0.15, -0.1) is 5.10 Å². The number of amides is 1. The number of likely N-dealkylation sites (N-methyl/N-ethyl adjacent to an activating group) is 1. The molecule has 2 aromatic carbocycles. The Balaban J connectivity index is 1.70. The summed E-state index contributed by atoms with van der Waals surface area (Å²) < 4.78 is 6.78. The van der Waals surface area contributed by atoms with E-state index in [4.69, 9.17) is 4.74 Å². The molecule has 0 spiro atoms. The van der Waals surface area contributed by atoms with Crippen LogP contribution in [0.15, 0.2) is 53.3 Å². The monoisotopic (exact) mass is 390 g/mol. The molecule has 8 heteroatoms. The fourth-order valence-corrected chi connectivity index (χ4v) is 4.33. The van der Waals surface area contributed by atoms with E-state index < -0.39 is 0 Å². The smallest absolute Gasteiger partial charge is 0.291 e. The third kappa shape index (κ3) is 2.28. The lowest BCUT2D eigenvalue weighted by molar-refractivity contribution is -0.112. The molecule has 1 amide bonds. The second-order valence-electron chi connectivity index (χ2n) is 6.35. The molecule has 0 radical (unpaired) electrons. The van der Waals surface area contributed by atoms with Crippen molar-refractivity contribution in [3.05, 3.63) is 69.0 Å². The third-order valence-corrected chi connectivity index (χ3v) is 5.82. The quantitative estimate of drug-likeness (QED) is 0.521. The van der Waals surface area contributed by atoms with Gasteiger partial charge in [-0.3, -0.25) is 9.59 Å². The lowest BCUT2D eigenvalue weighted by Gasteiger charge is -2.07. The number of hydrogen-bond donors (Lipinski definition) is 0. The first-order chi connectivity index (χ1) is 13.6. The highest BCUT2D eigenvalue weighted by Crippen LogP contribution is 2.33. The Labute approximate surface area is 163 Å². The van der Waals surface area contributed by atoms with Gasteiger partial charge in [0.25, 0.3) is 11.5 Å². The van der Waals surface area contributed by atoms with Gasteiger partial charge in [0.05, 0.1) is 18.4 Å². The molecule has 0 bridgehead atoms. The Morgan fingerprint density at radius 1 is 1.04 bits per heavy atom. The summed E-state index contributed by atoms with van der Waals surface area (Å²) in [6, 6.07) is 14.7. The molecule has 7 nitrogen and oxygen atoms in total. The Morgan fingerprint density at radius 2 is 1.79 bits per heavy atom. The van der Waals surface area contributed by atoms with Crippen LogP contribution in [0.4, 0.5) is 5.69 Å². The standard InChI is InChI=1S/C20H14N4O3S/c1-23-14-6-4-3-5-13(14)15(18(23)25)16-19(26)24-20(28-16)21-17(22-24)11-7-9-12(27-2)10-8-11/h3-10H,1-2H3. The zero-order valence-electron chi connectivity index (χ0n) is 15.0. The Hall–Kier alpha value is -3.52.